The quantitative estimate of drug-likeness (QED) is 0.724. The number of hydrogen-bond donors (Lipinski definition) is 1. The molecule has 0 unspecified atom stereocenters. The van der Waals surface area contributed by atoms with E-state index in [0.29, 0.717) is 5.69 Å². The lowest BCUT2D eigenvalue weighted by atomic mass is 10.3. The molecule has 0 saturated carbocycles. The van der Waals surface area contributed by atoms with E-state index >= 15 is 0 Å². The van der Waals surface area contributed by atoms with Crippen LogP contribution in [0.4, 0.5) is 5.82 Å². The first-order valence-electron chi connectivity index (χ1n) is 5.15. The van der Waals surface area contributed by atoms with E-state index in [1.54, 1.807) is 0 Å². The van der Waals surface area contributed by atoms with Crippen LogP contribution in [0.15, 0.2) is 12.4 Å². The zero-order valence-electron chi connectivity index (χ0n) is 8.93. The minimum atomic E-state index is -0.0245. The van der Waals surface area contributed by atoms with Crippen molar-refractivity contribution in [3.63, 3.8) is 0 Å². The van der Waals surface area contributed by atoms with E-state index in [2.05, 4.69) is 26.8 Å². The van der Waals surface area contributed by atoms with Gasteiger partial charge in [-0.25, -0.2) is 9.97 Å². The molecule has 0 spiro atoms. The van der Waals surface area contributed by atoms with Crippen LogP contribution in [0.1, 0.15) is 5.69 Å². The molecule has 2 rings (SSSR count). The molecule has 0 radical (unpaired) electrons. The first-order chi connectivity index (χ1) is 7.29. The van der Waals surface area contributed by atoms with Crippen LogP contribution < -0.4 is 4.90 Å². The maximum atomic E-state index is 8.99. The summed E-state index contributed by atoms with van der Waals surface area (Å²) in [5, 5.41) is 8.99. The lowest BCUT2D eigenvalue weighted by molar-refractivity contribution is 0.276. The summed E-state index contributed by atoms with van der Waals surface area (Å²) in [6.07, 6.45) is 1.51. The Hall–Kier alpha value is -1.20. The summed E-state index contributed by atoms with van der Waals surface area (Å²) < 4.78 is 0. The van der Waals surface area contributed by atoms with Gasteiger partial charge in [0.2, 0.25) is 0 Å². The van der Waals surface area contributed by atoms with Gasteiger partial charge in [-0.1, -0.05) is 0 Å². The minimum absolute atomic E-state index is 0.0245. The van der Waals surface area contributed by atoms with Crippen LogP contribution in [0.3, 0.4) is 0 Å². The first-order valence-corrected chi connectivity index (χ1v) is 5.15. The van der Waals surface area contributed by atoms with Crippen LogP contribution in [0.25, 0.3) is 0 Å². The van der Waals surface area contributed by atoms with E-state index in [-0.39, 0.29) is 6.61 Å². The minimum Gasteiger partial charge on any atom is -0.390 e. The highest BCUT2D eigenvalue weighted by molar-refractivity contribution is 5.39. The van der Waals surface area contributed by atoms with Crippen LogP contribution >= 0.6 is 0 Å². The molecular formula is C10H16N4O. The highest BCUT2D eigenvalue weighted by Crippen LogP contribution is 2.13. The summed E-state index contributed by atoms with van der Waals surface area (Å²) in [4.78, 5) is 12.7. The molecule has 1 aliphatic heterocycles. The topological polar surface area (TPSA) is 52.5 Å². The van der Waals surface area contributed by atoms with Gasteiger partial charge in [-0.15, -0.1) is 0 Å². The third-order valence-electron chi connectivity index (χ3n) is 2.70. The average Bonchev–Trinajstić information content (AvgIpc) is 2.30. The third kappa shape index (κ3) is 2.43. The van der Waals surface area contributed by atoms with Gasteiger partial charge in [0.15, 0.2) is 0 Å². The van der Waals surface area contributed by atoms with Crippen molar-refractivity contribution in [1.29, 1.82) is 0 Å². The molecule has 1 saturated heterocycles. The van der Waals surface area contributed by atoms with Gasteiger partial charge in [0.05, 0.1) is 12.3 Å². The molecule has 5 nitrogen and oxygen atoms in total. The molecule has 0 amide bonds. The van der Waals surface area contributed by atoms with Crippen LogP contribution in [-0.4, -0.2) is 53.2 Å². The second kappa shape index (κ2) is 4.55. The summed E-state index contributed by atoms with van der Waals surface area (Å²) >= 11 is 0. The van der Waals surface area contributed by atoms with Crippen LogP contribution in [-0.2, 0) is 6.61 Å². The molecule has 1 aliphatic rings. The smallest absolute Gasteiger partial charge is 0.132 e. The van der Waals surface area contributed by atoms with E-state index in [9.17, 15) is 0 Å². The summed E-state index contributed by atoms with van der Waals surface area (Å²) in [5.74, 6) is 0.919. The molecule has 2 heterocycles. The van der Waals surface area contributed by atoms with Crippen molar-refractivity contribution in [3.05, 3.63) is 18.1 Å². The summed E-state index contributed by atoms with van der Waals surface area (Å²) in [6, 6.07) is 1.85. The molecular weight excluding hydrogens is 192 g/mol. The highest BCUT2D eigenvalue weighted by atomic mass is 16.3. The van der Waals surface area contributed by atoms with Gasteiger partial charge in [-0.2, -0.15) is 0 Å². The van der Waals surface area contributed by atoms with Crippen molar-refractivity contribution >= 4 is 5.82 Å². The van der Waals surface area contributed by atoms with Crippen molar-refractivity contribution in [2.45, 2.75) is 6.61 Å². The fraction of sp³-hybridized carbons (Fsp3) is 0.600. The van der Waals surface area contributed by atoms with Gasteiger partial charge in [-0.3, -0.25) is 0 Å². The Bertz CT molecular complexity index is 323. The lowest BCUT2D eigenvalue weighted by Gasteiger charge is -2.33. The maximum absolute atomic E-state index is 8.99. The summed E-state index contributed by atoms with van der Waals surface area (Å²) in [7, 11) is 2.12. The number of anilines is 1. The fourth-order valence-electron chi connectivity index (χ4n) is 1.68. The number of rotatable bonds is 2. The number of aliphatic hydroxyl groups excluding tert-OH is 1. The molecule has 0 bridgehead atoms. The monoisotopic (exact) mass is 208 g/mol. The summed E-state index contributed by atoms with van der Waals surface area (Å²) in [5.41, 5.74) is 0.680. The predicted octanol–water partition coefficient (Wildman–Crippen LogP) is -0.279. The van der Waals surface area contributed by atoms with Gasteiger partial charge >= 0.3 is 0 Å². The molecule has 82 valence electrons. The number of hydrogen-bond acceptors (Lipinski definition) is 5. The van der Waals surface area contributed by atoms with Gasteiger partial charge in [0, 0.05) is 32.2 Å². The van der Waals surface area contributed by atoms with Crippen molar-refractivity contribution in [3.8, 4) is 0 Å². The molecule has 1 N–H and O–H groups in total. The van der Waals surface area contributed by atoms with Gasteiger partial charge < -0.3 is 14.9 Å². The molecule has 1 fully saturated rings. The van der Waals surface area contributed by atoms with Gasteiger partial charge in [0.25, 0.3) is 0 Å². The number of aliphatic hydroxyl groups is 1. The van der Waals surface area contributed by atoms with Crippen molar-refractivity contribution in [2.75, 3.05) is 38.1 Å². The zero-order chi connectivity index (χ0) is 10.7. The number of likely N-dealkylation sites (N-methyl/N-ethyl adjacent to an activating group) is 1. The third-order valence-corrected chi connectivity index (χ3v) is 2.70. The second-order valence-corrected chi connectivity index (χ2v) is 3.82. The Morgan fingerprint density at radius 1 is 1.27 bits per heavy atom. The fourth-order valence-corrected chi connectivity index (χ4v) is 1.68. The Labute approximate surface area is 89.4 Å². The predicted molar refractivity (Wildman–Crippen MR) is 57.7 cm³/mol. The Kier molecular flexibility index (Phi) is 3.13. The van der Waals surface area contributed by atoms with Gasteiger partial charge in [0.1, 0.15) is 12.1 Å². The molecule has 1 aromatic heterocycles. The summed E-state index contributed by atoms with van der Waals surface area (Å²) in [6.45, 7) is 4.05. The number of aromatic nitrogens is 2. The van der Waals surface area contributed by atoms with Gasteiger partial charge in [-0.05, 0) is 7.05 Å². The molecule has 5 heteroatoms. The number of piperazine rings is 1. The normalized spacial score (nSPS) is 18.1. The average molecular weight is 208 g/mol. The zero-order valence-corrected chi connectivity index (χ0v) is 8.93. The first kappa shape index (κ1) is 10.3. The second-order valence-electron chi connectivity index (χ2n) is 3.82. The van der Waals surface area contributed by atoms with Crippen LogP contribution in [0.2, 0.25) is 0 Å². The lowest BCUT2D eigenvalue weighted by Crippen LogP contribution is -2.44. The maximum Gasteiger partial charge on any atom is 0.132 e. The van der Waals surface area contributed by atoms with E-state index in [1.807, 2.05) is 6.07 Å². The van der Waals surface area contributed by atoms with Crippen LogP contribution in [0, 0.1) is 0 Å². The molecule has 0 aromatic carbocycles. The molecule has 15 heavy (non-hydrogen) atoms. The van der Waals surface area contributed by atoms with Crippen molar-refractivity contribution in [1.82, 2.24) is 14.9 Å². The van der Waals surface area contributed by atoms with E-state index in [0.717, 1.165) is 32.0 Å². The van der Waals surface area contributed by atoms with E-state index < -0.39 is 0 Å². The van der Waals surface area contributed by atoms with E-state index in [4.69, 9.17) is 5.11 Å². The van der Waals surface area contributed by atoms with Crippen molar-refractivity contribution < 1.29 is 5.11 Å². The Balaban J connectivity index is 2.08. The Morgan fingerprint density at radius 2 is 2.00 bits per heavy atom. The molecule has 1 aromatic rings. The molecule has 0 atom stereocenters. The largest absolute Gasteiger partial charge is 0.390 e. The van der Waals surface area contributed by atoms with E-state index in [1.165, 1.54) is 6.33 Å². The SMILES string of the molecule is CN1CCN(c2cc(CO)ncn2)CC1. The highest BCUT2D eigenvalue weighted by Gasteiger charge is 2.15. The van der Waals surface area contributed by atoms with Crippen LogP contribution in [0.5, 0.6) is 0 Å². The number of nitrogens with zero attached hydrogens (tertiary/aromatic N) is 4. The molecule has 0 aliphatic carbocycles. The Morgan fingerprint density at radius 3 is 2.67 bits per heavy atom. The standard InChI is InChI=1S/C10H16N4O/c1-13-2-4-14(5-3-13)10-6-9(7-15)11-8-12-10/h6,8,15H,2-5,7H2,1H3. The van der Waals surface area contributed by atoms with Crippen molar-refractivity contribution in [2.24, 2.45) is 0 Å².